The van der Waals surface area contributed by atoms with Gasteiger partial charge in [0.1, 0.15) is 11.4 Å². The normalized spacial score (nSPS) is 24.4. The van der Waals surface area contributed by atoms with Crippen molar-refractivity contribution in [3.63, 3.8) is 0 Å². The summed E-state index contributed by atoms with van der Waals surface area (Å²) >= 11 is 0. The summed E-state index contributed by atoms with van der Waals surface area (Å²) in [6.45, 7) is 11.7. The molecule has 0 amide bonds. The van der Waals surface area contributed by atoms with Gasteiger partial charge in [0.2, 0.25) is 0 Å². The van der Waals surface area contributed by atoms with Crippen LogP contribution in [-0.4, -0.2) is 54.3 Å². The molecule has 2 aliphatic heterocycles. The van der Waals surface area contributed by atoms with Gasteiger partial charge >= 0.3 is 7.12 Å². The van der Waals surface area contributed by atoms with Crippen molar-refractivity contribution in [2.24, 2.45) is 0 Å². The zero-order chi connectivity index (χ0) is 15.1. The van der Waals surface area contributed by atoms with Crippen LogP contribution < -0.4 is 10.4 Å². The Bertz CT molecular complexity index is 499. The van der Waals surface area contributed by atoms with E-state index in [2.05, 4.69) is 43.6 Å². The summed E-state index contributed by atoms with van der Waals surface area (Å²) in [5, 5.41) is 0. The third kappa shape index (κ3) is 2.80. The molecule has 0 radical (unpaired) electrons. The second kappa shape index (κ2) is 5.27. The van der Waals surface area contributed by atoms with Gasteiger partial charge in [-0.3, -0.25) is 0 Å². The minimum atomic E-state index is -0.264. The molecule has 0 atom stereocenters. The van der Waals surface area contributed by atoms with E-state index in [1.807, 2.05) is 12.3 Å². The Kier molecular flexibility index (Phi) is 3.72. The molecule has 21 heavy (non-hydrogen) atoms. The van der Waals surface area contributed by atoms with Crippen molar-refractivity contribution in [3.05, 3.63) is 18.3 Å². The summed E-state index contributed by atoms with van der Waals surface area (Å²) in [4.78, 5) is 6.73. The first-order valence-electron chi connectivity index (χ1n) is 7.57. The van der Waals surface area contributed by atoms with E-state index >= 15 is 0 Å². The smallest absolute Gasteiger partial charge is 0.505 e. The fourth-order valence-corrected chi connectivity index (χ4v) is 2.59. The van der Waals surface area contributed by atoms with Crippen LogP contribution in [0.2, 0.25) is 0 Å². The van der Waals surface area contributed by atoms with Crippen molar-refractivity contribution in [2.75, 3.05) is 31.2 Å². The number of morpholine rings is 1. The largest absolute Gasteiger partial charge is 0.732 e. The predicted molar refractivity (Wildman–Crippen MR) is 84.1 cm³/mol. The highest BCUT2D eigenvalue weighted by atomic mass is 16.7. The molecule has 2 saturated heterocycles. The molecule has 2 aliphatic rings. The second-order valence-electron chi connectivity index (χ2n) is 6.72. The Hall–Kier alpha value is -1.11. The maximum Gasteiger partial charge on any atom is 0.732 e. The lowest BCUT2D eigenvalue weighted by Gasteiger charge is -2.28. The fraction of sp³-hybridized carbons (Fsp3) is 0.667. The van der Waals surface area contributed by atoms with Gasteiger partial charge in [-0.2, -0.15) is 0 Å². The van der Waals surface area contributed by atoms with Gasteiger partial charge in [-0.1, -0.05) is 0 Å². The first-order chi connectivity index (χ1) is 9.89. The molecule has 0 spiro atoms. The summed E-state index contributed by atoms with van der Waals surface area (Å²) in [6, 6.07) is 4.09. The van der Waals surface area contributed by atoms with Crippen LogP contribution in [0.5, 0.6) is 0 Å². The van der Waals surface area contributed by atoms with E-state index in [0.29, 0.717) is 0 Å². The molecule has 0 unspecified atom stereocenters. The average Bonchev–Trinajstić information content (AvgIpc) is 2.69. The standard InChI is InChI=1S/C15H23BN2O3/c1-14(2)15(3,4)21-16(20-14)12-5-6-17-13(11-12)18-7-9-19-10-8-18/h5-6,11H,7-10H2,1-4H3/p+1. The quantitative estimate of drug-likeness (QED) is 0.595. The number of pyridine rings is 1. The summed E-state index contributed by atoms with van der Waals surface area (Å²) < 4.78 is 16.4. The van der Waals surface area contributed by atoms with Gasteiger partial charge in [0.25, 0.3) is 0 Å². The molecule has 6 heteroatoms. The Labute approximate surface area is 126 Å². The molecule has 3 rings (SSSR count). The minimum Gasteiger partial charge on any atom is -0.505 e. The van der Waals surface area contributed by atoms with Crippen molar-refractivity contribution < 1.29 is 14.0 Å². The molecule has 0 saturated carbocycles. The van der Waals surface area contributed by atoms with Gasteiger partial charge in [0.15, 0.2) is 5.60 Å². The summed E-state index contributed by atoms with van der Waals surface area (Å²) in [5.41, 5.74) is 0.616. The van der Waals surface area contributed by atoms with Crippen molar-refractivity contribution in [3.8, 4) is 0 Å². The number of ether oxygens (including phenoxy) is 1. The first-order valence-corrected chi connectivity index (χ1v) is 7.57. The number of anilines is 1. The maximum atomic E-state index is 6.15. The van der Waals surface area contributed by atoms with Crippen LogP contribution in [0.3, 0.4) is 0 Å². The average molecular weight is 291 g/mol. The van der Waals surface area contributed by atoms with E-state index in [1.165, 1.54) is 0 Å². The van der Waals surface area contributed by atoms with Gasteiger partial charge in [0, 0.05) is 33.1 Å². The highest BCUT2D eigenvalue weighted by Crippen LogP contribution is 2.34. The monoisotopic (exact) mass is 291 g/mol. The summed E-state index contributed by atoms with van der Waals surface area (Å²) in [6.07, 6.45) is 1.84. The van der Waals surface area contributed by atoms with Crippen LogP contribution >= 0.6 is 0 Å². The van der Waals surface area contributed by atoms with Gasteiger partial charge in [-0.15, -0.1) is 0 Å². The van der Waals surface area contributed by atoms with E-state index in [9.17, 15) is 0 Å². The molecule has 3 heterocycles. The SMILES string of the molecule is CC1(C)OB(c2ccnc(N3CCOCC3)c2)[OH+]C1(C)C. The third-order valence-electron chi connectivity index (χ3n) is 4.71. The number of rotatable bonds is 2. The Balaban J connectivity index is 1.81. The molecular formula is C15H24BN2O3+. The second-order valence-corrected chi connectivity index (χ2v) is 6.72. The molecule has 1 aromatic rings. The predicted octanol–water partition coefficient (Wildman–Crippen LogP) is 0.729. The van der Waals surface area contributed by atoms with Gasteiger partial charge in [0.05, 0.1) is 18.7 Å². The minimum absolute atomic E-state index is 0.194. The zero-order valence-corrected chi connectivity index (χ0v) is 13.3. The lowest BCUT2D eigenvalue weighted by molar-refractivity contribution is -0.0705. The van der Waals surface area contributed by atoms with Gasteiger partial charge in [-0.05, 0) is 26.0 Å². The Morgan fingerprint density at radius 3 is 2.57 bits per heavy atom. The van der Waals surface area contributed by atoms with E-state index in [4.69, 9.17) is 14.0 Å². The molecule has 5 nitrogen and oxygen atoms in total. The van der Waals surface area contributed by atoms with Gasteiger partial charge < -0.3 is 18.9 Å². The molecular weight excluding hydrogens is 267 g/mol. The molecule has 2 fully saturated rings. The van der Waals surface area contributed by atoms with Gasteiger partial charge in [-0.25, -0.2) is 4.98 Å². The van der Waals surface area contributed by atoms with E-state index < -0.39 is 0 Å². The number of aliphatic hydroxyl groups is 1. The number of hydrogen-bond acceptors (Lipinski definition) is 4. The molecule has 1 N–H and O–H groups in total. The van der Waals surface area contributed by atoms with Crippen LogP contribution in [0.4, 0.5) is 5.82 Å². The van der Waals surface area contributed by atoms with E-state index in [0.717, 1.165) is 37.6 Å². The molecule has 0 aliphatic carbocycles. The molecule has 0 bridgehead atoms. The number of aromatic nitrogens is 1. The zero-order valence-electron chi connectivity index (χ0n) is 13.3. The lowest BCUT2D eigenvalue weighted by atomic mass is 9.79. The Morgan fingerprint density at radius 2 is 1.95 bits per heavy atom. The molecule has 114 valence electrons. The van der Waals surface area contributed by atoms with Crippen molar-refractivity contribution in [1.29, 1.82) is 0 Å². The fourth-order valence-electron chi connectivity index (χ4n) is 2.59. The molecule has 0 aromatic carbocycles. The highest BCUT2D eigenvalue weighted by Gasteiger charge is 2.59. The molecule has 1 aromatic heterocycles. The van der Waals surface area contributed by atoms with Crippen LogP contribution in [0.15, 0.2) is 18.3 Å². The maximum absolute atomic E-state index is 6.15. The van der Waals surface area contributed by atoms with Crippen molar-refractivity contribution in [1.82, 2.24) is 4.98 Å². The Morgan fingerprint density at radius 1 is 1.24 bits per heavy atom. The number of nitrogens with zero attached hydrogens (tertiary/aromatic N) is 2. The van der Waals surface area contributed by atoms with E-state index in [-0.39, 0.29) is 18.3 Å². The highest BCUT2D eigenvalue weighted by molar-refractivity contribution is 6.61. The van der Waals surface area contributed by atoms with Crippen molar-refractivity contribution >= 4 is 18.4 Å². The van der Waals surface area contributed by atoms with Crippen LogP contribution in [-0.2, 0) is 9.39 Å². The van der Waals surface area contributed by atoms with Crippen molar-refractivity contribution in [2.45, 2.75) is 38.9 Å². The first kappa shape index (κ1) is 14.8. The number of hydrogen-bond donors (Lipinski definition) is 0. The summed E-state index contributed by atoms with van der Waals surface area (Å²) in [7, 11) is -0.210. The van der Waals surface area contributed by atoms with Crippen LogP contribution in [0, 0.1) is 0 Å². The van der Waals surface area contributed by atoms with E-state index in [1.54, 1.807) is 0 Å². The lowest BCUT2D eigenvalue weighted by Crippen LogP contribution is -2.43. The topological polar surface area (TPSA) is 47.4 Å². The third-order valence-corrected chi connectivity index (χ3v) is 4.71. The van der Waals surface area contributed by atoms with Crippen LogP contribution in [0.25, 0.3) is 0 Å². The summed E-state index contributed by atoms with van der Waals surface area (Å²) in [5.74, 6) is 0.983. The van der Waals surface area contributed by atoms with Crippen LogP contribution in [0.1, 0.15) is 27.7 Å².